The Kier molecular flexibility index (Phi) is 10.9. The lowest BCUT2D eigenvalue weighted by Gasteiger charge is -2.34. The minimum absolute atomic E-state index is 0.0552. The Morgan fingerprint density at radius 2 is 1.50 bits per heavy atom. The first-order valence-corrected chi connectivity index (χ1v) is 16.4. The molecule has 0 radical (unpaired) electrons. The Labute approximate surface area is 266 Å². The number of carbonyl (C=O) groups is 2. The molecule has 0 unspecified atom stereocenters. The van der Waals surface area contributed by atoms with Crippen molar-refractivity contribution in [2.75, 3.05) is 10.8 Å². The van der Waals surface area contributed by atoms with Gasteiger partial charge in [0.05, 0.1) is 10.6 Å². The highest BCUT2D eigenvalue weighted by Crippen LogP contribution is 2.26. The highest BCUT2D eigenvalue weighted by atomic mass is 79.9. The minimum Gasteiger partial charge on any atom is -0.352 e. The van der Waals surface area contributed by atoms with Crippen LogP contribution in [0.15, 0.2) is 112 Å². The molecule has 0 aromatic heterocycles. The zero-order valence-electron chi connectivity index (χ0n) is 24.8. The van der Waals surface area contributed by atoms with Crippen LogP contribution in [-0.4, -0.2) is 43.8 Å². The number of hydrogen-bond acceptors (Lipinski definition) is 4. The first-order valence-electron chi connectivity index (χ1n) is 14.2. The van der Waals surface area contributed by atoms with Crippen molar-refractivity contribution in [1.29, 1.82) is 0 Å². The van der Waals surface area contributed by atoms with E-state index in [1.165, 1.54) is 17.0 Å². The van der Waals surface area contributed by atoms with Crippen LogP contribution in [0.5, 0.6) is 0 Å². The maximum atomic E-state index is 14.4. The molecule has 4 aromatic rings. The molecule has 44 heavy (non-hydrogen) atoms. The van der Waals surface area contributed by atoms with Gasteiger partial charge in [-0.05, 0) is 80.4 Å². The fourth-order valence-corrected chi connectivity index (χ4v) is 6.60. The summed E-state index contributed by atoms with van der Waals surface area (Å²) in [6.07, 6.45) is 0.217. The second-order valence-electron chi connectivity index (χ2n) is 10.8. The number of halogens is 2. The fourth-order valence-electron chi connectivity index (χ4n) is 4.74. The van der Waals surface area contributed by atoms with E-state index in [1.54, 1.807) is 24.3 Å². The average molecular weight is 681 g/mol. The number of aryl methyl sites for hydroxylation is 1. The number of nitrogens with one attached hydrogen (secondary N) is 1. The van der Waals surface area contributed by atoms with E-state index in [1.807, 2.05) is 75.4 Å². The molecule has 1 N–H and O–H groups in total. The van der Waals surface area contributed by atoms with Gasteiger partial charge in [0, 0.05) is 23.5 Å². The molecule has 0 aliphatic heterocycles. The second kappa shape index (κ2) is 14.6. The summed E-state index contributed by atoms with van der Waals surface area (Å²) in [6.45, 7) is 5.02. The summed E-state index contributed by atoms with van der Waals surface area (Å²) in [5.74, 6) is -1.51. The predicted molar refractivity (Wildman–Crippen MR) is 174 cm³/mol. The van der Waals surface area contributed by atoms with Crippen LogP contribution < -0.4 is 9.62 Å². The predicted octanol–water partition coefficient (Wildman–Crippen LogP) is 6.26. The molecule has 4 aromatic carbocycles. The zero-order chi connectivity index (χ0) is 31.9. The molecule has 0 fully saturated rings. The number of benzene rings is 4. The van der Waals surface area contributed by atoms with Gasteiger partial charge in [-0.15, -0.1) is 0 Å². The van der Waals surface area contributed by atoms with E-state index in [9.17, 15) is 22.4 Å². The van der Waals surface area contributed by atoms with Gasteiger partial charge in [-0.25, -0.2) is 12.8 Å². The van der Waals surface area contributed by atoms with Gasteiger partial charge in [0.15, 0.2) is 0 Å². The number of anilines is 1. The van der Waals surface area contributed by atoms with Crippen LogP contribution >= 0.6 is 15.9 Å². The number of sulfonamides is 1. The van der Waals surface area contributed by atoms with Crippen LogP contribution in [0.2, 0.25) is 0 Å². The topological polar surface area (TPSA) is 86.8 Å². The van der Waals surface area contributed by atoms with E-state index in [4.69, 9.17) is 0 Å². The summed E-state index contributed by atoms with van der Waals surface area (Å²) in [5.41, 5.74) is 2.77. The Morgan fingerprint density at radius 3 is 2.11 bits per heavy atom. The molecule has 0 heterocycles. The Bertz CT molecular complexity index is 1680. The van der Waals surface area contributed by atoms with E-state index in [-0.39, 0.29) is 35.5 Å². The summed E-state index contributed by atoms with van der Waals surface area (Å²) in [6, 6.07) is 26.8. The quantitative estimate of drug-likeness (QED) is 0.192. The van der Waals surface area contributed by atoms with Crippen LogP contribution in [0.4, 0.5) is 10.1 Å². The van der Waals surface area contributed by atoms with Gasteiger partial charge >= 0.3 is 0 Å². The van der Waals surface area contributed by atoms with Crippen LogP contribution in [0.3, 0.4) is 0 Å². The largest absolute Gasteiger partial charge is 0.352 e. The number of amides is 2. The van der Waals surface area contributed by atoms with Gasteiger partial charge in [0.25, 0.3) is 10.0 Å². The van der Waals surface area contributed by atoms with Crippen molar-refractivity contribution >= 4 is 43.5 Å². The SMILES string of the molecule is Cc1ccc(N(CC(=O)N(Cc2cccc(Br)c2)[C@@H](Cc2ccccc2)C(=O)NC(C)C)S(=O)(=O)c2ccc(F)cc2)cc1. The molecular weight excluding hydrogens is 645 g/mol. The van der Waals surface area contributed by atoms with Crippen LogP contribution in [0, 0.1) is 12.7 Å². The summed E-state index contributed by atoms with van der Waals surface area (Å²) in [5, 5.41) is 2.94. The van der Waals surface area contributed by atoms with Gasteiger partial charge in [-0.1, -0.05) is 76.1 Å². The zero-order valence-corrected chi connectivity index (χ0v) is 27.2. The standard InChI is InChI=1S/C34H35BrFN3O4S/c1-24(2)37-34(41)32(21-26-8-5-4-6-9-26)38(22-27-10-7-11-28(35)20-27)33(40)23-39(30-16-12-25(3)13-17-30)44(42,43)31-18-14-29(36)15-19-31/h4-20,24,32H,21-23H2,1-3H3,(H,37,41)/t32-/m0/s1. The summed E-state index contributed by atoms with van der Waals surface area (Å²) in [7, 11) is -4.30. The van der Waals surface area contributed by atoms with E-state index in [2.05, 4.69) is 21.2 Å². The number of hydrogen-bond donors (Lipinski definition) is 1. The molecule has 1 atom stereocenters. The Morgan fingerprint density at radius 1 is 0.864 bits per heavy atom. The monoisotopic (exact) mass is 679 g/mol. The maximum Gasteiger partial charge on any atom is 0.264 e. The normalized spacial score (nSPS) is 12.0. The molecule has 2 amide bonds. The molecule has 10 heteroatoms. The van der Waals surface area contributed by atoms with Gasteiger partial charge in [0.1, 0.15) is 18.4 Å². The van der Waals surface area contributed by atoms with Crippen molar-refractivity contribution in [3.63, 3.8) is 0 Å². The van der Waals surface area contributed by atoms with Crippen molar-refractivity contribution in [2.45, 2.75) is 50.7 Å². The van der Waals surface area contributed by atoms with E-state index in [0.29, 0.717) is 0 Å². The molecule has 230 valence electrons. The van der Waals surface area contributed by atoms with Crippen LogP contribution in [-0.2, 0) is 32.6 Å². The summed E-state index contributed by atoms with van der Waals surface area (Å²) >= 11 is 3.48. The van der Waals surface area contributed by atoms with Crippen molar-refractivity contribution < 1.29 is 22.4 Å². The minimum atomic E-state index is -4.30. The first kappa shape index (κ1) is 32.9. The molecular formula is C34H35BrFN3O4S. The third kappa shape index (κ3) is 8.54. The molecule has 4 rings (SSSR count). The molecule has 0 bridgehead atoms. The van der Waals surface area contributed by atoms with Crippen molar-refractivity contribution in [3.05, 3.63) is 130 Å². The molecule has 0 spiro atoms. The fraction of sp³-hybridized carbons (Fsp3) is 0.235. The van der Waals surface area contributed by atoms with E-state index < -0.39 is 34.3 Å². The van der Waals surface area contributed by atoms with Crippen molar-refractivity contribution in [3.8, 4) is 0 Å². The third-order valence-electron chi connectivity index (χ3n) is 6.95. The molecule has 0 saturated carbocycles. The maximum absolute atomic E-state index is 14.4. The summed E-state index contributed by atoms with van der Waals surface area (Å²) in [4.78, 5) is 29.4. The number of nitrogens with zero attached hydrogens (tertiary/aromatic N) is 2. The van der Waals surface area contributed by atoms with Gasteiger partial charge < -0.3 is 10.2 Å². The Hall–Kier alpha value is -4.02. The van der Waals surface area contributed by atoms with Crippen LogP contribution in [0.25, 0.3) is 0 Å². The van der Waals surface area contributed by atoms with Crippen molar-refractivity contribution in [2.24, 2.45) is 0 Å². The molecule has 7 nitrogen and oxygen atoms in total. The highest BCUT2D eigenvalue weighted by molar-refractivity contribution is 9.10. The summed E-state index contributed by atoms with van der Waals surface area (Å²) < 4.78 is 43.5. The molecule has 0 aliphatic rings. The number of carbonyl (C=O) groups excluding carboxylic acids is 2. The lowest BCUT2D eigenvalue weighted by molar-refractivity contribution is -0.140. The highest BCUT2D eigenvalue weighted by Gasteiger charge is 2.34. The third-order valence-corrected chi connectivity index (χ3v) is 9.23. The Balaban J connectivity index is 1.80. The van der Waals surface area contributed by atoms with Gasteiger partial charge in [-0.3, -0.25) is 13.9 Å². The van der Waals surface area contributed by atoms with E-state index >= 15 is 0 Å². The second-order valence-corrected chi connectivity index (χ2v) is 13.6. The van der Waals surface area contributed by atoms with Crippen LogP contribution in [0.1, 0.15) is 30.5 Å². The van der Waals surface area contributed by atoms with E-state index in [0.717, 1.165) is 37.6 Å². The van der Waals surface area contributed by atoms with Gasteiger partial charge in [-0.2, -0.15) is 0 Å². The lowest BCUT2D eigenvalue weighted by atomic mass is 10.0. The lowest BCUT2D eigenvalue weighted by Crippen LogP contribution is -2.54. The first-order chi connectivity index (χ1) is 20.9. The smallest absolute Gasteiger partial charge is 0.264 e. The molecule has 0 aliphatic carbocycles. The average Bonchev–Trinajstić information content (AvgIpc) is 2.98. The van der Waals surface area contributed by atoms with Crippen molar-refractivity contribution in [1.82, 2.24) is 10.2 Å². The molecule has 0 saturated heterocycles. The van der Waals surface area contributed by atoms with Gasteiger partial charge in [0.2, 0.25) is 11.8 Å². The number of rotatable bonds is 12.